The lowest BCUT2D eigenvalue weighted by Gasteiger charge is -2.10. The normalized spacial score (nSPS) is 17.0. The van der Waals surface area contributed by atoms with Crippen LogP contribution in [0.2, 0.25) is 5.15 Å². The number of methoxy groups -OCH3 is 1. The minimum absolute atomic E-state index is 0.0521. The highest BCUT2D eigenvalue weighted by molar-refractivity contribution is 7.91. The number of nitro benzene ring substituents is 1. The molecule has 1 saturated heterocycles. The summed E-state index contributed by atoms with van der Waals surface area (Å²) in [5.41, 5.74) is 0.721. The molecule has 1 amide bonds. The van der Waals surface area contributed by atoms with Crippen molar-refractivity contribution in [3.05, 3.63) is 50.8 Å². The second kappa shape index (κ2) is 10.2. The summed E-state index contributed by atoms with van der Waals surface area (Å²) in [7, 11) is -1.79. The first kappa shape index (κ1) is 25.2. The molecule has 12 nitrogen and oxygen atoms in total. The van der Waals surface area contributed by atoms with Gasteiger partial charge < -0.3 is 14.8 Å². The standard InChI is InChI=1S/C20H21ClN4O8S/c1-12-15(20(21)24(23-12)14-7-8-34(30,31)11-14)4-6-19(27)33-10-18(26)22-16-9-13(25(28)29)3-5-17(16)32-2/h3-6,9,14H,7-8,10-11H2,1-2H3,(H,22,26)/b6-4+/t14-/m0/s1. The van der Waals surface area contributed by atoms with Gasteiger partial charge in [-0.25, -0.2) is 17.9 Å². The zero-order valence-corrected chi connectivity index (χ0v) is 19.8. The van der Waals surface area contributed by atoms with Crippen molar-refractivity contribution < 1.29 is 32.4 Å². The lowest BCUT2D eigenvalue weighted by atomic mass is 10.2. The van der Waals surface area contributed by atoms with Crippen molar-refractivity contribution in [1.82, 2.24) is 9.78 Å². The van der Waals surface area contributed by atoms with Crippen LogP contribution in [0.15, 0.2) is 24.3 Å². The molecule has 1 aromatic heterocycles. The Kier molecular flexibility index (Phi) is 7.57. The number of carbonyl (C=O) groups is 2. The molecule has 1 aliphatic rings. The zero-order valence-electron chi connectivity index (χ0n) is 18.2. The smallest absolute Gasteiger partial charge is 0.331 e. The van der Waals surface area contributed by atoms with E-state index in [1.165, 1.54) is 30.0 Å². The number of nitrogens with one attached hydrogen (secondary N) is 1. The van der Waals surface area contributed by atoms with E-state index >= 15 is 0 Å². The molecule has 2 aromatic rings. The summed E-state index contributed by atoms with van der Waals surface area (Å²) in [5.74, 6) is -1.36. The van der Waals surface area contributed by atoms with Crippen LogP contribution < -0.4 is 10.1 Å². The highest BCUT2D eigenvalue weighted by atomic mass is 35.5. The van der Waals surface area contributed by atoms with Crippen LogP contribution in [0.1, 0.15) is 23.7 Å². The molecule has 2 heterocycles. The van der Waals surface area contributed by atoms with Crippen molar-refractivity contribution in [2.45, 2.75) is 19.4 Å². The maximum atomic E-state index is 12.1. The van der Waals surface area contributed by atoms with Gasteiger partial charge in [0.25, 0.3) is 11.6 Å². The SMILES string of the molecule is COc1ccc([N+](=O)[O-])cc1NC(=O)COC(=O)/C=C/c1c(C)nn([C@H]2CCS(=O)(=O)C2)c1Cl. The molecule has 14 heteroatoms. The quantitative estimate of drug-likeness (QED) is 0.242. The van der Waals surface area contributed by atoms with Gasteiger partial charge in [-0.1, -0.05) is 11.6 Å². The number of hydrogen-bond acceptors (Lipinski definition) is 9. The first-order chi connectivity index (χ1) is 16.0. The number of esters is 1. The van der Waals surface area contributed by atoms with Crippen LogP contribution in [0, 0.1) is 17.0 Å². The number of rotatable bonds is 8. The predicted octanol–water partition coefficient (Wildman–Crippen LogP) is 2.32. The van der Waals surface area contributed by atoms with Crippen LogP contribution in [0.4, 0.5) is 11.4 Å². The van der Waals surface area contributed by atoms with E-state index < -0.39 is 33.2 Å². The molecule has 3 rings (SSSR count). The van der Waals surface area contributed by atoms with Crippen LogP contribution in [-0.2, 0) is 24.2 Å². The molecule has 1 N–H and O–H groups in total. The molecule has 1 aromatic carbocycles. The van der Waals surface area contributed by atoms with E-state index in [0.29, 0.717) is 17.7 Å². The minimum atomic E-state index is -3.13. The van der Waals surface area contributed by atoms with Crippen molar-refractivity contribution in [3.63, 3.8) is 0 Å². The fourth-order valence-corrected chi connectivity index (χ4v) is 5.43. The number of amides is 1. The van der Waals surface area contributed by atoms with Crippen LogP contribution >= 0.6 is 11.6 Å². The molecule has 0 saturated carbocycles. The Hall–Kier alpha value is -3.45. The summed E-state index contributed by atoms with van der Waals surface area (Å²) in [6.45, 7) is 1.01. The molecule has 1 atom stereocenters. The minimum Gasteiger partial charge on any atom is -0.495 e. The zero-order chi connectivity index (χ0) is 25.0. The number of carbonyl (C=O) groups excluding carboxylic acids is 2. The Bertz CT molecular complexity index is 1270. The van der Waals surface area contributed by atoms with Crippen molar-refractivity contribution in [2.75, 3.05) is 30.5 Å². The molecule has 0 aliphatic carbocycles. The fraction of sp³-hybridized carbons (Fsp3) is 0.350. The number of nitro groups is 1. The highest BCUT2D eigenvalue weighted by Gasteiger charge is 2.31. The third kappa shape index (κ3) is 5.91. The van der Waals surface area contributed by atoms with E-state index in [2.05, 4.69) is 10.4 Å². The van der Waals surface area contributed by atoms with Gasteiger partial charge in [-0.3, -0.25) is 14.9 Å². The van der Waals surface area contributed by atoms with Crippen molar-refractivity contribution >= 4 is 50.8 Å². The number of aryl methyl sites for hydroxylation is 1. The Labute approximate surface area is 199 Å². The molecule has 0 spiro atoms. The summed E-state index contributed by atoms with van der Waals surface area (Å²) < 4.78 is 34.9. The number of benzene rings is 1. The summed E-state index contributed by atoms with van der Waals surface area (Å²) in [5, 5.41) is 17.8. The van der Waals surface area contributed by atoms with Crippen LogP contribution in [0.25, 0.3) is 6.08 Å². The van der Waals surface area contributed by atoms with Gasteiger partial charge in [-0.05, 0) is 25.5 Å². The van der Waals surface area contributed by atoms with Crippen molar-refractivity contribution in [3.8, 4) is 5.75 Å². The second-order valence-corrected chi connectivity index (χ2v) is 10.0. The first-order valence-electron chi connectivity index (χ1n) is 9.93. The number of non-ortho nitro benzene ring substituents is 1. The average molecular weight is 513 g/mol. The maximum Gasteiger partial charge on any atom is 0.331 e. The third-order valence-corrected chi connectivity index (χ3v) is 7.15. The van der Waals surface area contributed by atoms with Gasteiger partial charge >= 0.3 is 5.97 Å². The molecular weight excluding hydrogens is 492 g/mol. The van der Waals surface area contributed by atoms with E-state index in [0.717, 1.165) is 12.1 Å². The summed E-state index contributed by atoms with van der Waals surface area (Å²) in [6.07, 6.45) is 2.83. The molecule has 182 valence electrons. The molecular formula is C20H21ClN4O8S. The topological polar surface area (TPSA) is 160 Å². The number of aromatic nitrogens is 2. The van der Waals surface area contributed by atoms with Gasteiger partial charge in [-0.2, -0.15) is 5.10 Å². The lowest BCUT2D eigenvalue weighted by Crippen LogP contribution is -2.20. The van der Waals surface area contributed by atoms with Gasteiger partial charge in [0.15, 0.2) is 16.4 Å². The predicted molar refractivity (Wildman–Crippen MR) is 123 cm³/mol. The van der Waals surface area contributed by atoms with E-state index in [-0.39, 0.29) is 39.8 Å². The number of anilines is 1. The Morgan fingerprint density at radius 1 is 1.41 bits per heavy atom. The summed E-state index contributed by atoms with van der Waals surface area (Å²) in [6, 6.07) is 3.30. The third-order valence-electron chi connectivity index (χ3n) is 5.02. The largest absolute Gasteiger partial charge is 0.495 e. The van der Waals surface area contributed by atoms with Crippen LogP contribution in [-0.4, -0.2) is 60.2 Å². The Morgan fingerprint density at radius 3 is 2.76 bits per heavy atom. The number of sulfone groups is 1. The van der Waals surface area contributed by atoms with Gasteiger partial charge in [0.2, 0.25) is 0 Å². The van der Waals surface area contributed by atoms with Gasteiger partial charge in [0.05, 0.1) is 41.0 Å². The van der Waals surface area contributed by atoms with E-state index in [9.17, 15) is 28.1 Å². The van der Waals surface area contributed by atoms with Crippen molar-refractivity contribution in [1.29, 1.82) is 0 Å². The van der Waals surface area contributed by atoms with E-state index in [1.54, 1.807) is 6.92 Å². The second-order valence-electron chi connectivity index (χ2n) is 7.42. The fourth-order valence-electron chi connectivity index (χ4n) is 3.36. The van der Waals surface area contributed by atoms with E-state index in [1.807, 2.05) is 0 Å². The number of hydrogen-bond donors (Lipinski definition) is 1. The van der Waals surface area contributed by atoms with Gasteiger partial charge in [0, 0.05) is 23.8 Å². The monoisotopic (exact) mass is 512 g/mol. The Morgan fingerprint density at radius 2 is 2.15 bits per heavy atom. The molecule has 0 radical (unpaired) electrons. The highest BCUT2D eigenvalue weighted by Crippen LogP contribution is 2.31. The molecule has 1 aliphatic heterocycles. The van der Waals surface area contributed by atoms with E-state index in [4.69, 9.17) is 21.1 Å². The molecule has 0 unspecified atom stereocenters. The first-order valence-corrected chi connectivity index (χ1v) is 12.1. The number of nitrogens with zero attached hydrogens (tertiary/aromatic N) is 3. The maximum absolute atomic E-state index is 12.1. The number of halogens is 1. The van der Waals surface area contributed by atoms with Gasteiger partial charge in [-0.15, -0.1) is 0 Å². The molecule has 0 bridgehead atoms. The lowest BCUT2D eigenvalue weighted by molar-refractivity contribution is -0.384. The Balaban J connectivity index is 1.60. The van der Waals surface area contributed by atoms with Gasteiger partial charge in [0.1, 0.15) is 10.9 Å². The molecule has 34 heavy (non-hydrogen) atoms. The number of ether oxygens (including phenoxy) is 2. The van der Waals surface area contributed by atoms with Crippen LogP contribution in [0.3, 0.4) is 0 Å². The summed E-state index contributed by atoms with van der Waals surface area (Å²) >= 11 is 6.35. The van der Waals surface area contributed by atoms with Crippen molar-refractivity contribution in [2.24, 2.45) is 0 Å². The average Bonchev–Trinajstić information content (AvgIpc) is 3.28. The summed E-state index contributed by atoms with van der Waals surface area (Å²) in [4.78, 5) is 34.5. The van der Waals surface area contributed by atoms with Crippen LogP contribution in [0.5, 0.6) is 5.75 Å². The molecule has 1 fully saturated rings.